The second-order valence-electron chi connectivity index (χ2n) is 7.79. The maximum absolute atomic E-state index is 12.5. The molecule has 4 heteroatoms. The molecule has 1 saturated heterocycles. The van der Waals surface area contributed by atoms with Gasteiger partial charge in [0.05, 0.1) is 12.5 Å². The third kappa shape index (κ3) is 3.22. The van der Waals surface area contributed by atoms with Gasteiger partial charge in [0.25, 0.3) is 0 Å². The highest BCUT2D eigenvalue weighted by molar-refractivity contribution is 5.77. The van der Waals surface area contributed by atoms with Crippen molar-refractivity contribution in [3.8, 4) is 0 Å². The first-order valence-electron chi connectivity index (χ1n) is 9.45. The summed E-state index contributed by atoms with van der Waals surface area (Å²) in [7, 11) is 0. The Kier molecular flexibility index (Phi) is 4.59. The van der Waals surface area contributed by atoms with E-state index in [0.29, 0.717) is 0 Å². The molecule has 2 bridgehead atoms. The van der Waals surface area contributed by atoms with Crippen LogP contribution in [-0.4, -0.2) is 53.0 Å². The molecule has 2 aliphatic carbocycles. The van der Waals surface area contributed by atoms with Crippen molar-refractivity contribution in [2.24, 2.45) is 11.8 Å². The summed E-state index contributed by atoms with van der Waals surface area (Å²) >= 11 is 0. The van der Waals surface area contributed by atoms with Crippen molar-refractivity contribution >= 4 is 5.91 Å². The minimum absolute atomic E-state index is 0.0824. The van der Waals surface area contributed by atoms with Crippen molar-refractivity contribution in [2.75, 3.05) is 26.2 Å². The SMILES string of the molecule is O=C(CC(O)c1ccccc1)N1CCN(C2CC3CCC2C3)CC1. The van der Waals surface area contributed by atoms with Crippen LogP contribution in [0.25, 0.3) is 0 Å². The summed E-state index contributed by atoms with van der Waals surface area (Å²) in [6.45, 7) is 3.63. The fourth-order valence-electron chi connectivity index (χ4n) is 5.05. The third-order valence-corrected chi connectivity index (χ3v) is 6.39. The Labute approximate surface area is 144 Å². The van der Waals surface area contributed by atoms with E-state index >= 15 is 0 Å². The molecule has 24 heavy (non-hydrogen) atoms. The third-order valence-electron chi connectivity index (χ3n) is 6.39. The van der Waals surface area contributed by atoms with Gasteiger partial charge in [0.1, 0.15) is 0 Å². The molecule has 1 N–H and O–H groups in total. The van der Waals surface area contributed by atoms with E-state index in [1.165, 1.54) is 25.7 Å². The van der Waals surface area contributed by atoms with Gasteiger partial charge in [-0.05, 0) is 36.7 Å². The van der Waals surface area contributed by atoms with E-state index in [1.807, 2.05) is 35.2 Å². The molecule has 1 aromatic carbocycles. The van der Waals surface area contributed by atoms with Gasteiger partial charge in [-0.3, -0.25) is 9.69 Å². The molecule has 1 heterocycles. The number of carbonyl (C=O) groups excluding carboxylic acids is 1. The summed E-state index contributed by atoms with van der Waals surface area (Å²) < 4.78 is 0. The quantitative estimate of drug-likeness (QED) is 0.923. The molecule has 3 aliphatic rings. The largest absolute Gasteiger partial charge is 0.388 e. The molecule has 1 aromatic rings. The van der Waals surface area contributed by atoms with Gasteiger partial charge in [0.15, 0.2) is 0 Å². The molecule has 4 nitrogen and oxygen atoms in total. The fraction of sp³-hybridized carbons (Fsp3) is 0.650. The number of piperazine rings is 1. The van der Waals surface area contributed by atoms with Gasteiger partial charge < -0.3 is 10.0 Å². The van der Waals surface area contributed by atoms with Crippen LogP contribution in [0.4, 0.5) is 0 Å². The first-order valence-corrected chi connectivity index (χ1v) is 9.45. The lowest BCUT2D eigenvalue weighted by atomic mass is 9.93. The first kappa shape index (κ1) is 16.1. The van der Waals surface area contributed by atoms with E-state index in [1.54, 1.807) is 0 Å². The van der Waals surface area contributed by atoms with E-state index in [2.05, 4.69) is 4.90 Å². The summed E-state index contributed by atoms with van der Waals surface area (Å²) in [6, 6.07) is 10.3. The predicted molar refractivity (Wildman–Crippen MR) is 93.4 cm³/mol. The Morgan fingerprint density at radius 1 is 1.08 bits per heavy atom. The number of rotatable bonds is 4. The second kappa shape index (κ2) is 6.85. The van der Waals surface area contributed by atoms with Gasteiger partial charge >= 0.3 is 0 Å². The molecule has 1 aliphatic heterocycles. The van der Waals surface area contributed by atoms with E-state index in [4.69, 9.17) is 0 Å². The van der Waals surface area contributed by atoms with Gasteiger partial charge in [-0.25, -0.2) is 0 Å². The van der Waals surface area contributed by atoms with Crippen LogP contribution in [0.2, 0.25) is 0 Å². The monoisotopic (exact) mass is 328 g/mol. The molecule has 4 rings (SSSR count). The van der Waals surface area contributed by atoms with E-state index in [-0.39, 0.29) is 12.3 Å². The van der Waals surface area contributed by atoms with Crippen LogP contribution in [0.3, 0.4) is 0 Å². The Balaban J connectivity index is 1.27. The number of aliphatic hydroxyl groups excluding tert-OH is 1. The average Bonchev–Trinajstić information content (AvgIpc) is 3.26. The number of hydrogen-bond acceptors (Lipinski definition) is 3. The first-order chi connectivity index (χ1) is 11.7. The van der Waals surface area contributed by atoms with Crippen LogP contribution in [0.5, 0.6) is 0 Å². The smallest absolute Gasteiger partial charge is 0.225 e. The standard InChI is InChI=1S/C20H28N2O2/c23-19(16-4-2-1-3-5-16)14-20(24)22-10-8-21(9-11-22)18-13-15-6-7-17(18)12-15/h1-5,15,17-19,23H,6-14H2. The van der Waals surface area contributed by atoms with E-state index < -0.39 is 6.10 Å². The lowest BCUT2D eigenvalue weighted by molar-refractivity contribution is -0.135. The molecule has 4 unspecified atom stereocenters. The summed E-state index contributed by atoms with van der Waals surface area (Å²) in [4.78, 5) is 17.1. The molecule has 4 atom stereocenters. The van der Waals surface area contributed by atoms with Crippen LogP contribution in [-0.2, 0) is 4.79 Å². The molecule has 130 valence electrons. The number of benzene rings is 1. The highest BCUT2D eigenvalue weighted by Crippen LogP contribution is 2.46. The number of nitrogens with zero attached hydrogens (tertiary/aromatic N) is 2. The highest BCUT2D eigenvalue weighted by atomic mass is 16.3. The Morgan fingerprint density at radius 3 is 2.46 bits per heavy atom. The zero-order valence-corrected chi connectivity index (χ0v) is 14.3. The average molecular weight is 328 g/mol. The van der Waals surface area contributed by atoms with Crippen LogP contribution in [0, 0.1) is 11.8 Å². The Morgan fingerprint density at radius 2 is 1.83 bits per heavy atom. The van der Waals surface area contributed by atoms with Crippen LogP contribution in [0.15, 0.2) is 30.3 Å². The van der Waals surface area contributed by atoms with Crippen molar-refractivity contribution in [3.63, 3.8) is 0 Å². The van der Waals surface area contributed by atoms with E-state index in [0.717, 1.165) is 49.6 Å². The summed E-state index contributed by atoms with van der Waals surface area (Å²) in [6.07, 6.45) is 5.17. The van der Waals surface area contributed by atoms with Crippen molar-refractivity contribution in [2.45, 2.75) is 44.2 Å². The Hall–Kier alpha value is -1.39. The number of fused-ring (bicyclic) bond motifs is 2. The maximum atomic E-state index is 12.5. The molecular weight excluding hydrogens is 300 g/mol. The van der Waals surface area contributed by atoms with Crippen LogP contribution < -0.4 is 0 Å². The predicted octanol–water partition coefficient (Wildman–Crippen LogP) is 2.44. The molecule has 3 fully saturated rings. The lowest BCUT2D eigenvalue weighted by Gasteiger charge is -2.41. The Bertz CT molecular complexity index is 568. The summed E-state index contributed by atoms with van der Waals surface area (Å²) in [5.74, 6) is 1.97. The number of carbonyl (C=O) groups is 1. The number of aliphatic hydroxyl groups is 1. The van der Waals surface area contributed by atoms with Crippen molar-refractivity contribution in [1.82, 2.24) is 9.80 Å². The zero-order chi connectivity index (χ0) is 16.5. The molecule has 0 aromatic heterocycles. The summed E-state index contributed by atoms with van der Waals surface area (Å²) in [5.41, 5.74) is 0.825. The minimum Gasteiger partial charge on any atom is -0.388 e. The molecule has 1 amide bonds. The molecule has 0 spiro atoms. The van der Waals surface area contributed by atoms with E-state index in [9.17, 15) is 9.90 Å². The normalized spacial score (nSPS) is 31.4. The van der Waals surface area contributed by atoms with Gasteiger partial charge in [-0.2, -0.15) is 0 Å². The van der Waals surface area contributed by atoms with Crippen molar-refractivity contribution in [1.29, 1.82) is 0 Å². The number of hydrogen-bond donors (Lipinski definition) is 1. The van der Waals surface area contributed by atoms with Gasteiger partial charge in [-0.1, -0.05) is 36.8 Å². The molecular formula is C20H28N2O2. The second-order valence-corrected chi connectivity index (χ2v) is 7.79. The summed E-state index contributed by atoms with van der Waals surface area (Å²) in [5, 5.41) is 10.3. The van der Waals surface area contributed by atoms with Crippen LogP contribution >= 0.6 is 0 Å². The fourth-order valence-corrected chi connectivity index (χ4v) is 5.05. The van der Waals surface area contributed by atoms with Gasteiger partial charge in [0, 0.05) is 32.2 Å². The van der Waals surface area contributed by atoms with Crippen molar-refractivity contribution in [3.05, 3.63) is 35.9 Å². The van der Waals surface area contributed by atoms with Crippen molar-refractivity contribution < 1.29 is 9.90 Å². The zero-order valence-electron chi connectivity index (χ0n) is 14.3. The van der Waals surface area contributed by atoms with Crippen LogP contribution in [0.1, 0.15) is 43.8 Å². The molecule has 0 radical (unpaired) electrons. The van der Waals surface area contributed by atoms with Gasteiger partial charge in [0.2, 0.25) is 5.91 Å². The molecule has 2 saturated carbocycles. The highest BCUT2D eigenvalue weighted by Gasteiger charge is 2.42. The lowest BCUT2D eigenvalue weighted by Crippen LogP contribution is -2.53. The topological polar surface area (TPSA) is 43.8 Å². The minimum atomic E-state index is -0.692. The maximum Gasteiger partial charge on any atom is 0.225 e. The number of amides is 1. The van der Waals surface area contributed by atoms with Gasteiger partial charge in [-0.15, -0.1) is 0 Å².